The average molecular weight is 392 g/mol. The second-order valence-electron chi connectivity index (χ2n) is 6.51. The molecule has 0 unspecified atom stereocenters. The molecule has 0 saturated carbocycles. The summed E-state index contributed by atoms with van der Waals surface area (Å²) in [6.45, 7) is 8.48. The molecule has 2 N–H and O–H groups in total. The van der Waals surface area contributed by atoms with Crippen molar-refractivity contribution in [3.63, 3.8) is 0 Å². The molecular formula is C18H21N3O3S2. The van der Waals surface area contributed by atoms with Gasteiger partial charge in [0.15, 0.2) is 10.9 Å². The van der Waals surface area contributed by atoms with Gasteiger partial charge in [-0.1, -0.05) is 25.6 Å². The summed E-state index contributed by atoms with van der Waals surface area (Å²) in [6.07, 6.45) is 1.59. The number of aromatic amines is 2. The summed E-state index contributed by atoms with van der Waals surface area (Å²) in [4.78, 5) is 36.7. The van der Waals surface area contributed by atoms with Crippen molar-refractivity contribution in [3.8, 4) is 5.75 Å². The largest absolute Gasteiger partial charge is 0.488 e. The van der Waals surface area contributed by atoms with Crippen molar-refractivity contribution in [2.24, 2.45) is 5.92 Å². The minimum atomic E-state index is -0.151. The molecule has 0 aromatic carbocycles. The van der Waals surface area contributed by atoms with E-state index in [9.17, 15) is 9.59 Å². The summed E-state index contributed by atoms with van der Waals surface area (Å²) in [5.74, 6) is 1.18. The van der Waals surface area contributed by atoms with Crippen LogP contribution in [-0.2, 0) is 5.75 Å². The Hall–Kier alpha value is -2.06. The number of H-pyrrole nitrogens is 2. The van der Waals surface area contributed by atoms with Crippen molar-refractivity contribution in [3.05, 3.63) is 49.0 Å². The van der Waals surface area contributed by atoms with Gasteiger partial charge >= 0.3 is 0 Å². The lowest BCUT2D eigenvalue weighted by Gasteiger charge is -2.08. The Labute approximate surface area is 159 Å². The number of rotatable bonds is 6. The highest BCUT2D eigenvalue weighted by Crippen LogP contribution is 2.27. The molecule has 0 atom stereocenters. The van der Waals surface area contributed by atoms with Crippen LogP contribution in [0.5, 0.6) is 5.75 Å². The number of thiophene rings is 1. The molecule has 0 fully saturated rings. The van der Waals surface area contributed by atoms with Gasteiger partial charge in [-0.25, -0.2) is 4.98 Å². The van der Waals surface area contributed by atoms with Crippen molar-refractivity contribution in [1.82, 2.24) is 15.0 Å². The maximum atomic E-state index is 12.3. The first-order valence-electron chi connectivity index (χ1n) is 8.32. The zero-order chi connectivity index (χ0) is 18.8. The van der Waals surface area contributed by atoms with E-state index in [-0.39, 0.29) is 11.0 Å². The second kappa shape index (κ2) is 7.67. The number of aryl methyl sites for hydroxylation is 2. The van der Waals surface area contributed by atoms with E-state index in [1.54, 1.807) is 6.20 Å². The Morgan fingerprint density at radius 2 is 2.08 bits per heavy atom. The van der Waals surface area contributed by atoms with Crippen molar-refractivity contribution in [2.45, 2.75) is 38.6 Å². The number of nitrogens with one attached hydrogen (secondary N) is 2. The van der Waals surface area contributed by atoms with Gasteiger partial charge in [0, 0.05) is 28.6 Å². The minimum Gasteiger partial charge on any atom is -0.488 e. The van der Waals surface area contributed by atoms with Gasteiger partial charge in [0.1, 0.15) is 4.83 Å². The minimum absolute atomic E-state index is 0.120. The van der Waals surface area contributed by atoms with E-state index in [2.05, 4.69) is 15.0 Å². The number of thioether (sulfide) groups is 1. The summed E-state index contributed by atoms with van der Waals surface area (Å²) in [6, 6.07) is 1.53. The lowest BCUT2D eigenvalue weighted by molar-refractivity contribution is 0.268. The molecule has 8 heteroatoms. The Bertz CT molecular complexity index is 1050. The molecule has 3 rings (SSSR count). The van der Waals surface area contributed by atoms with E-state index in [4.69, 9.17) is 4.74 Å². The first-order valence-corrected chi connectivity index (χ1v) is 10.1. The number of aromatic nitrogens is 3. The van der Waals surface area contributed by atoms with Crippen LogP contribution in [-0.4, -0.2) is 21.6 Å². The van der Waals surface area contributed by atoms with E-state index >= 15 is 0 Å². The Morgan fingerprint density at radius 3 is 2.77 bits per heavy atom. The fourth-order valence-electron chi connectivity index (χ4n) is 2.40. The molecule has 0 spiro atoms. The summed E-state index contributed by atoms with van der Waals surface area (Å²) >= 11 is 2.90. The predicted octanol–water partition coefficient (Wildman–Crippen LogP) is 3.62. The molecule has 3 aromatic heterocycles. The number of pyridine rings is 1. The highest BCUT2D eigenvalue weighted by atomic mass is 32.2. The quantitative estimate of drug-likeness (QED) is 0.495. The van der Waals surface area contributed by atoms with Crippen LogP contribution in [0.15, 0.2) is 27.0 Å². The van der Waals surface area contributed by atoms with Gasteiger partial charge in [-0.2, -0.15) is 0 Å². The van der Waals surface area contributed by atoms with Gasteiger partial charge in [0.2, 0.25) is 5.43 Å². The van der Waals surface area contributed by atoms with E-state index in [1.807, 2.05) is 27.7 Å². The topological polar surface area (TPSA) is 87.8 Å². The monoisotopic (exact) mass is 391 g/mol. The molecule has 0 radical (unpaired) electrons. The van der Waals surface area contributed by atoms with Gasteiger partial charge in [-0.3, -0.25) is 9.59 Å². The molecule has 0 aliphatic heterocycles. The number of nitrogens with zero attached hydrogens (tertiary/aromatic N) is 1. The maximum absolute atomic E-state index is 12.3. The van der Waals surface area contributed by atoms with Crippen LogP contribution in [0.1, 0.15) is 30.0 Å². The van der Waals surface area contributed by atoms with Crippen molar-refractivity contribution >= 4 is 33.3 Å². The number of ether oxygens (including phenoxy) is 1. The van der Waals surface area contributed by atoms with E-state index in [0.29, 0.717) is 34.6 Å². The molecule has 0 bridgehead atoms. The standard InChI is InChI=1S/C18H21N3O3S2/c1-9(2)7-24-14-6-19-12(5-13(14)22)8-25-18-20-16(23)15-10(3)11(4)26-17(15)21-18/h5-6,9H,7-8H2,1-4H3,(H,19,22)(H,20,21,23). The normalized spacial score (nSPS) is 11.4. The second-order valence-corrected chi connectivity index (χ2v) is 8.68. The SMILES string of the molecule is Cc1sc2nc(SCc3cc(=O)c(OCC(C)C)c[nH]3)[nH]c(=O)c2c1C. The summed E-state index contributed by atoms with van der Waals surface area (Å²) in [5, 5.41) is 1.21. The highest BCUT2D eigenvalue weighted by molar-refractivity contribution is 7.98. The third-order valence-electron chi connectivity index (χ3n) is 3.89. The third kappa shape index (κ3) is 4.02. The molecule has 26 heavy (non-hydrogen) atoms. The van der Waals surface area contributed by atoms with Crippen molar-refractivity contribution in [1.29, 1.82) is 0 Å². The van der Waals surface area contributed by atoms with Crippen LogP contribution < -0.4 is 15.7 Å². The number of hydrogen-bond acceptors (Lipinski definition) is 6. The van der Waals surface area contributed by atoms with Crippen LogP contribution in [0.25, 0.3) is 10.2 Å². The summed E-state index contributed by atoms with van der Waals surface area (Å²) < 4.78 is 5.48. The summed E-state index contributed by atoms with van der Waals surface area (Å²) in [7, 11) is 0. The van der Waals surface area contributed by atoms with Gasteiger partial charge in [-0.05, 0) is 25.3 Å². The fraction of sp³-hybridized carbons (Fsp3) is 0.389. The fourth-order valence-corrected chi connectivity index (χ4v) is 4.27. The number of fused-ring (bicyclic) bond motifs is 1. The molecule has 0 saturated heterocycles. The molecule has 138 valence electrons. The zero-order valence-corrected chi connectivity index (χ0v) is 16.8. The third-order valence-corrected chi connectivity index (χ3v) is 5.91. The van der Waals surface area contributed by atoms with Gasteiger partial charge < -0.3 is 14.7 Å². The van der Waals surface area contributed by atoms with Crippen molar-refractivity contribution < 1.29 is 4.74 Å². The van der Waals surface area contributed by atoms with E-state index in [0.717, 1.165) is 21.0 Å². The van der Waals surface area contributed by atoms with E-state index < -0.39 is 0 Å². The number of hydrogen-bond donors (Lipinski definition) is 2. The first-order chi connectivity index (χ1) is 12.3. The molecular weight excluding hydrogens is 370 g/mol. The molecule has 0 aliphatic carbocycles. The maximum Gasteiger partial charge on any atom is 0.260 e. The van der Waals surface area contributed by atoms with Crippen LogP contribution in [0.3, 0.4) is 0 Å². The van der Waals surface area contributed by atoms with Crippen LogP contribution >= 0.6 is 23.1 Å². The molecule has 6 nitrogen and oxygen atoms in total. The lowest BCUT2D eigenvalue weighted by Crippen LogP contribution is -2.13. The Balaban J connectivity index is 1.75. The first kappa shape index (κ1) is 18.7. The van der Waals surface area contributed by atoms with Crippen LogP contribution in [0.4, 0.5) is 0 Å². The van der Waals surface area contributed by atoms with Crippen molar-refractivity contribution in [2.75, 3.05) is 6.61 Å². The Morgan fingerprint density at radius 1 is 1.31 bits per heavy atom. The predicted molar refractivity (Wildman–Crippen MR) is 107 cm³/mol. The van der Waals surface area contributed by atoms with E-state index in [1.165, 1.54) is 29.2 Å². The summed E-state index contributed by atoms with van der Waals surface area (Å²) in [5.41, 5.74) is 1.46. The zero-order valence-electron chi connectivity index (χ0n) is 15.1. The van der Waals surface area contributed by atoms with Crippen LogP contribution in [0.2, 0.25) is 0 Å². The molecule has 3 aromatic rings. The highest BCUT2D eigenvalue weighted by Gasteiger charge is 2.12. The van der Waals surface area contributed by atoms with Gasteiger partial charge in [0.05, 0.1) is 12.0 Å². The Kier molecular flexibility index (Phi) is 5.52. The van der Waals surface area contributed by atoms with Gasteiger partial charge in [-0.15, -0.1) is 11.3 Å². The smallest absolute Gasteiger partial charge is 0.260 e. The van der Waals surface area contributed by atoms with Crippen LogP contribution in [0, 0.1) is 19.8 Å². The average Bonchev–Trinajstić information content (AvgIpc) is 2.86. The molecule has 0 aliphatic rings. The lowest BCUT2D eigenvalue weighted by atomic mass is 10.2. The molecule has 0 amide bonds. The molecule has 3 heterocycles. The van der Waals surface area contributed by atoms with Gasteiger partial charge in [0.25, 0.3) is 5.56 Å².